The molecule has 5 nitrogen and oxygen atoms in total. The molecule has 2 N–H and O–H groups in total. The van der Waals surface area contributed by atoms with Crippen molar-refractivity contribution in [2.75, 3.05) is 19.6 Å². The molecule has 2 heterocycles. The SMILES string of the molecule is CCC(=O)OC1CCNC1N1CCC(O)CC1. The third-order valence-corrected chi connectivity index (χ3v) is 3.60. The van der Waals surface area contributed by atoms with E-state index >= 15 is 0 Å². The minimum absolute atomic E-state index is 0.0299. The molecule has 0 spiro atoms. The summed E-state index contributed by atoms with van der Waals surface area (Å²) < 4.78 is 5.45. The Labute approximate surface area is 102 Å². The average Bonchev–Trinajstić information content (AvgIpc) is 2.78. The number of rotatable bonds is 3. The molecule has 0 aromatic rings. The predicted molar refractivity (Wildman–Crippen MR) is 63.4 cm³/mol. The molecule has 0 amide bonds. The third kappa shape index (κ3) is 3.18. The van der Waals surface area contributed by atoms with Crippen molar-refractivity contribution in [3.63, 3.8) is 0 Å². The molecule has 2 saturated heterocycles. The number of nitrogens with one attached hydrogen (secondary N) is 1. The minimum Gasteiger partial charge on any atom is -0.459 e. The first-order valence-corrected chi connectivity index (χ1v) is 6.55. The van der Waals surface area contributed by atoms with Gasteiger partial charge in [-0.25, -0.2) is 0 Å². The van der Waals surface area contributed by atoms with Gasteiger partial charge in [0.05, 0.1) is 12.3 Å². The summed E-state index contributed by atoms with van der Waals surface area (Å²) in [5.74, 6) is -0.124. The summed E-state index contributed by atoms with van der Waals surface area (Å²) in [6, 6.07) is 0. The predicted octanol–water partition coefficient (Wildman–Crippen LogP) is 0.0843. The normalized spacial score (nSPS) is 31.6. The molecule has 17 heavy (non-hydrogen) atoms. The van der Waals surface area contributed by atoms with Gasteiger partial charge in [0.15, 0.2) is 0 Å². The second-order valence-corrected chi connectivity index (χ2v) is 4.84. The molecule has 2 rings (SSSR count). The summed E-state index contributed by atoms with van der Waals surface area (Å²) >= 11 is 0. The number of piperidine rings is 1. The number of carbonyl (C=O) groups is 1. The van der Waals surface area contributed by atoms with Gasteiger partial charge in [-0.05, 0) is 19.3 Å². The molecule has 0 aliphatic carbocycles. The van der Waals surface area contributed by atoms with E-state index in [-0.39, 0.29) is 24.3 Å². The van der Waals surface area contributed by atoms with Crippen molar-refractivity contribution in [1.82, 2.24) is 10.2 Å². The van der Waals surface area contributed by atoms with E-state index in [2.05, 4.69) is 10.2 Å². The topological polar surface area (TPSA) is 61.8 Å². The molecule has 2 fully saturated rings. The molecule has 5 heteroatoms. The van der Waals surface area contributed by atoms with Crippen LogP contribution in [0, 0.1) is 0 Å². The molecule has 2 unspecified atom stereocenters. The second-order valence-electron chi connectivity index (χ2n) is 4.84. The van der Waals surface area contributed by atoms with Gasteiger partial charge in [-0.1, -0.05) is 6.92 Å². The lowest BCUT2D eigenvalue weighted by atomic mass is 10.1. The van der Waals surface area contributed by atoms with Gasteiger partial charge in [-0.3, -0.25) is 15.0 Å². The lowest BCUT2D eigenvalue weighted by molar-refractivity contribution is -0.151. The molecule has 0 saturated carbocycles. The zero-order valence-corrected chi connectivity index (χ0v) is 10.4. The van der Waals surface area contributed by atoms with Crippen molar-refractivity contribution in [2.24, 2.45) is 0 Å². The fourth-order valence-electron chi connectivity index (χ4n) is 2.57. The van der Waals surface area contributed by atoms with Crippen LogP contribution in [0.5, 0.6) is 0 Å². The van der Waals surface area contributed by atoms with Crippen molar-refractivity contribution < 1.29 is 14.6 Å². The first-order chi connectivity index (χ1) is 8.20. The Hall–Kier alpha value is -0.650. The summed E-state index contributed by atoms with van der Waals surface area (Å²) in [5.41, 5.74) is 0. The van der Waals surface area contributed by atoms with E-state index in [0.717, 1.165) is 38.9 Å². The number of likely N-dealkylation sites (tertiary alicyclic amines) is 1. The molecular weight excluding hydrogens is 220 g/mol. The quantitative estimate of drug-likeness (QED) is 0.687. The van der Waals surface area contributed by atoms with Crippen LogP contribution in [0.15, 0.2) is 0 Å². The zero-order valence-electron chi connectivity index (χ0n) is 10.4. The molecule has 0 radical (unpaired) electrons. The largest absolute Gasteiger partial charge is 0.459 e. The van der Waals surface area contributed by atoms with E-state index in [1.165, 1.54) is 0 Å². The Morgan fingerprint density at radius 3 is 2.76 bits per heavy atom. The van der Waals surface area contributed by atoms with Gasteiger partial charge < -0.3 is 9.84 Å². The number of aliphatic hydroxyl groups excluding tert-OH is 1. The van der Waals surface area contributed by atoms with Gasteiger partial charge in [-0.2, -0.15) is 0 Å². The maximum Gasteiger partial charge on any atom is 0.305 e. The van der Waals surface area contributed by atoms with Crippen molar-refractivity contribution in [1.29, 1.82) is 0 Å². The van der Waals surface area contributed by atoms with Crippen molar-refractivity contribution in [3.05, 3.63) is 0 Å². The van der Waals surface area contributed by atoms with Crippen LogP contribution >= 0.6 is 0 Å². The van der Waals surface area contributed by atoms with Crippen molar-refractivity contribution >= 4 is 5.97 Å². The second kappa shape index (κ2) is 5.80. The van der Waals surface area contributed by atoms with E-state index < -0.39 is 0 Å². The Morgan fingerprint density at radius 2 is 2.12 bits per heavy atom. The minimum atomic E-state index is -0.163. The van der Waals surface area contributed by atoms with E-state index in [1.54, 1.807) is 0 Å². The van der Waals surface area contributed by atoms with Crippen LogP contribution in [0.1, 0.15) is 32.6 Å². The van der Waals surface area contributed by atoms with E-state index in [4.69, 9.17) is 4.74 Å². The smallest absolute Gasteiger partial charge is 0.305 e. The molecule has 0 bridgehead atoms. The lowest BCUT2D eigenvalue weighted by Gasteiger charge is -2.36. The van der Waals surface area contributed by atoms with Crippen LogP contribution in [-0.4, -0.2) is 54.0 Å². The first-order valence-electron chi connectivity index (χ1n) is 6.55. The Balaban J connectivity index is 1.88. The molecule has 2 atom stereocenters. The highest BCUT2D eigenvalue weighted by molar-refractivity contribution is 5.69. The average molecular weight is 242 g/mol. The first kappa shape index (κ1) is 12.8. The summed E-state index contributed by atoms with van der Waals surface area (Å²) in [6.07, 6.45) is 2.89. The third-order valence-electron chi connectivity index (χ3n) is 3.60. The number of hydrogen-bond acceptors (Lipinski definition) is 5. The van der Waals surface area contributed by atoms with Crippen LogP contribution in [0.3, 0.4) is 0 Å². The van der Waals surface area contributed by atoms with Gasteiger partial charge in [0.1, 0.15) is 6.10 Å². The molecule has 2 aliphatic rings. The number of hydrogen-bond donors (Lipinski definition) is 2. The van der Waals surface area contributed by atoms with Crippen LogP contribution in [0.25, 0.3) is 0 Å². The van der Waals surface area contributed by atoms with Gasteiger partial charge in [0.2, 0.25) is 0 Å². The molecule has 0 aromatic heterocycles. The van der Waals surface area contributed by atoms with Gasteiger partial charge >= 0.3 is 5.97 Å². The Morgan fingerprint density at radius 1 is 1.41 bits per heavy atom. The lowest BCUT2D eigenvalue weighted by Crippen LogP contribution is -2.52. The zero-order chi connectivity index (χ0) is 12.3. The van der Waals surface area contributed by atoms with Gasteiger partial charge in [0.25, 0.3) is 0 Å². The van der Waals surface area contributed by atoms with Crippen LogP contribution in [0.2, 0.25) is 0 Å². The van der Waals surface area contributed by atoms with Crippen molar-refractivity contribution in [2.45, 2.75) is 51.0 Å². The molecule has 0 aromatic carbocycles. The summed E-state index contributed by atoms with van der Waals surface area (Å²) in [7, 11) is 0. The van der Waals surface area contributed by atoms with Crippen LogP contribution < -0.4 is 5.32 Å². The fraction of sp³-hybridized carbons (Fsp3) is 0.917. The number of esters is 1. The van der Waals surface area contributed by atoms with E-state index in [0.29, 0.717) is 6.42 Å². The number of aliphatic hydroxyl groups is 1. The fourth-order valence-corrected chi connectivity index (χ4v) is 2.57. The van der Waals surface area contributed by atoms with Crippen molar-refractivity contribution in [3.8, 4) is 0 Å². The summed E-state index contributed by atoms with van der Waals surface area (Å²) in [4.78, 5) is 13.6. The number of ether oxygens (including phenoxy) is 1. The monoisotopic (exact) mass is 242 g/mol. The Kier molecular flexibility index (Phi) is 4.36. The molecule has 2 aliphatic heterocycles. The number of nitrogens with zero attached hydrogens (tertiary/aromatic N) is 1. The summed E-state index contributed by atoms with van der Waals surface area (Å²) in [6.45, 7) is 4.46. The standard InChI is InChI=1S/C12H22N2O3/c1-2-11(16)17-10-3-6-13-12(10)14-7-4-9(15)5-8-14/h9-10,12-13,15H,2-8H2,1H3. The van der Waals surface area contributed by atoms with Gasteiger partial charge in [-0.15, -0.1) is 0 Å². The number of carbonyl (C=O) groups excluding carboxylic acids is 1. The van der Waals surface area contributed by atoms with Gasteiger partial charge in [0, 0.05) is 26.1 Å². The van der Waals surface area contributed by atoms with E-state index in [1.807, 2.05) is 6.92 Å². The van der Waals surface area contributed by atoms with E-state index in [9.17, 15) is 9.90 Å². The van der Waals surface area contributed by atoms with Crippen LogP contribution in [0.4, 0.5) is 0 Å². The highest BCUT2D eigenvalue weighted by atomic mass is 16.5. The highest BCUT2D eigenvalue weighted by Crippen LogP contribution is 2.20. The molecular formula is C12H22N2O3. The maximum absolute atomic E-state index is 11.3. The maximum atomic E-state index is 11.3. The van der Waals surface area contributed by atoms with Crippen LogP contribution in [-0.2, 0) is 9.53 Å². The Bertz CT molecular complexity index is 264. The molecule has 98 valence electrons. The summed E-state index contributed by atoms with van der Waals surface area (Å²) in [5, 5.41) is 12.9. The highest BCUT2D eigenvalue weighted by Gasteiger charge is 2.35.